The van der Waals surface area contributed by atoms with Crippen LogP contribution in [0.3, 0.4) is 0 Å². The Labute approximate surface area is 174 Å². The topological polar surface area (TPSA) is 108 Å². The highest BCUT2D eigenvalue weighted by Crippen LogP contribution is 2.45. The van der Waals surface area contributed by atoms with Crippen molar-refractivity contribution >= 4 is 23.6 Å². The predicted octanol–water partition coefficient (Wildman–Crippen LogP) is 0.710. The van der Waals surface area contributed by atoms with E-state index < -0.39 is 23.8 Å². The summed E-state index contributed by atoms with van der Waals surface area (Å²) in [6.45, 7) is 2.87. The van der Waals surface area contributed by atoms with Gasteiger partial charge in [-0.1, -0.05) is 6.07 Å². The molecule has 8 nitrogen and oxygen atoms in total. The van der Waals surface area contributed by atoms with Crippen LogP contribution in [0.15, 0.2) is 18.2 Å². The van der Waals surface area contributed by atoms with E-state index in [1.54, 1.807) is 12.1 Å². The van der Waals surface area contributed by atoms with Crippen LogP contribution >= 0.6 is 0 Å². The highest BCUT2D eigenvalue weighted by atomic mass is 16.2. The van der Waals surface area contributed by atoms with Gasteiger partial charge in [-0.2, -0.15) is 0 Å². The van der Waals surface area contributed by atoms with Crippen molar-refractivity contribution in [1.29, 1.82) is 0 Å². The van der Waals surface area contributed by atoms with Gasteiger partial charge in [-0.25, -0.2) is 0 Å². The number of benzene rings is 1. The Morgan fingerprint density at radius 2 is 1.90 bits per heavy atom. The van der Waals surface area contributed by atoms with Gasteiger partial charge in [-0.15, -0.1) is 0 Å². The number of carbonyl (C=O) groups excluding carboxylic acids is 4. The number of rotatable bonds is 4. The van der Waals surface area contributed by atoms with E-state index in [-0.39, 0.29) is 18.7 Å². The van der Waals surface area contributed by atoms with Crippen LogP contribution in [0.2, 0.25) is 0 Å². The number of hydrogen-bond donors (Lipinski definition) is 3. The summed E-state index contributed by atoms with van der Waals surface area (Å²) in [4.78, 5) is 50.2. The zero-order chi connectivity index (χ0) is 20.9. The molecule has 3 heterocycles. The van der Waals surface area contributed by atoms with Gasteiger partial charge in [0.2, 0.25) is 11.8 Å². The molecule has 3 fully saturated rings. The van der Waals surface area contributed by atoms with Gasteiger partial charge in [0, 0.05) is 25.6 Å². The average Bonchev–Trinajstić information content (AvgIpc) is 2.96. The second-order valence-corrected chi connectivity index (χ2v) is 9.09. The summed E-state index contributed by atoms with van der Waals surface area (Å²) < 4.78 is 0. The molecule has 8 heteroatoms. The molecule has 1 spiro atoms. The minimum Gasteiger partial charge on any atom is -0.316 e. The van der Waals surface area contributed by atoms with Gasteiger partial charge < -0.3 is 10.6 Å². The number of amides is 4. The Hall–Kier alpha value is -2.58. The maximum Gasteiger partial charge on any atom is 0.262 e. The number of nitrogens with one attached hydrogen (secondary N) is 3. The second-order valence-electron chi connectivity index (χ2n) is 9.09. The van der Waals surface area contributed by atoms with Crippen molar-refractivity contribution in [2.45, 2.75) is 57.2 Å². The van der Waals surface area contributed by atoms with Gasteiger partial charge in [0.25, 0.3) is 11.8 Å². The van der Waals surface area contributed by atoms with Crippen molar-refractivity contribution in [2.75, 3.05) is 13.1 Å². The molecular formula is C22H26N4O4. The van der Waals surface area contributed by atoms with Crippen molar-refractivity contribution in [2.24, 2.45) is 5.41 Å². The van der Waals surface area contributed by atoms with Gasteiger partial charge in [0.1, 0.15) is 6.04 Å². The molecule has 3 N–H and O–H groups in total. The second kappa shape index (κ2) is 7.28. The van der Waals surface area contributed by atoms with E-state index in [0.717, 1.165) is 23.6 Å². The average molecular weight is 410 g/mol. The number of hydrogen-bond acceptors (Lipinski definition) is 6. The van der Waals surface area contributed by atoms with Crippen LogP contribution in [0.4, 0.5) is 0 Å². The van der Waals surface area contributed by atoms with Crippen LogP contribution in [-0.2, 0) is 16.1 Å². The van der Waals surface area contributed by atoms with Crippen molar-refractivity contribution in [1.82, 2.24) is 20.9 Å². The first-order valence-corrected chi connectivity index (χ1v) is 10.7. The maximum absolute atomic E-state index is 12.9. The fourth-order valence-electron chi connectivity index (χ4n) is 5.40. The van der Waals surface area contributed by atoms with Crippen molar-refractivity contribution in [3.05, 3.63) is 34.9 Å². The van der Waals surface area contributed by atoms with Crippen LogP contribution in [0.5, 0.6) is 0 Å². The Kier molecular flexibility index (Phi) is 4.71. The summed E-state index contributed by atoms with van der Waals surface area (Å²) in [5.41, 5.74) is 2.07. The van der Waals surface area contributed by atoms with Crippen molar-refractivity contribution in [3.63, 3.8) is 0 Å². The fraction of sp³-hybridized carbons (Fsp3) is 0.545. The van der Waals surface area contributed by atoms with E-state index in [4.69, 9.17) is 0 Å². The Morgan fingerprint density at radius 1 is 1.10 bits per heavy atom. The summed E-state index contributed by atoms with van der Waals surface area (Å²) in [5, 5.41) is 9.29. The predicted molar refractivity (Wildman–Crippen MR) is 108 cm³/mol. The maximum atomic E-state index is 12.9. The summed E-state index contributed by atoms with van der Waals surface area (Å²) in [6.07, 6.45) is 5.18. The third kappa shape index (κ3) is 3.24. The molecule has 1 aliphatic carbocycles. The highest BCUT2D eigenvalue weighted by molar-refractivity contribution is 6.23. The number of imide groups is 2. The van der Waals surface area contributed by atoms with Crippen LogP contribution < -0.4 is 16.0 Å². The van der Waals surface area contributed by atoms with Gasteiger partial charge in [-0.05, 0) is 61.8 Å². The molecule has 0 bridgehead atoms. The lowest BCUT2D eigenvalue weighted by Gasteiger charge is -2.50. The molecule has 1 aromatic carbocycles. The third-order valence-electron chi connectivity index (χ3n) is 7.02. The molecule has 3 aliphatic heterocycles. The van der Waals surface area contributed by atoms with Gasteiger partial charge in [-0.3, -0.25) is 29.4 Å². The van der Waals surface area contributed by atoms with E-state index in [1.807, 2.05) is 6.07 Å². The van der Waals surface area contributed by atoms with Gasteiger partial charge >= 0.3 is 0 Å². The molecular weight excluding hydrogens is 384 g/mol. The molecule has 1 atom stereocenters. The lowest BCUT2D eigenvalue weighted by molar-refractivity contribution is -0.136. The Bertz CT molecular complexity index is 929. The first-order valence-electron chi connectivity index (χ1n) is 10.7. The van der Waals surface area contributed by atoms with Gasteiger partial charge in [0.15, 0.2) is 0 Å². The summed E-state index contributed by atoms with van der Waals surface area (Å²) in [5.74, 6) is -1.88. The van der Waals surface area contributed by atoms with E-state index in [0.29, 0.717) is 29.1 Å². The molecule has 0 radical (unpaired) electrons. The van der Waals surface area contributed by atoms with Crippen LogP contribution in [-0.4, -0.2) is 53.7 Å². The van der Waals surface area contributed by atoms with Crippen molar-refractivity contribution in [3.8, 4) is 0 Å². The molecule has 1 saturated carbocycles. The molecule has 4 amide bonds. The quantitative estimate of drug-likeness (QED) is 0.631. The fourth-order valence-corrected chi connectivity index (χ4v) is 5.40. The summed E-state index contributed by atoms with van der Waals surface area (Å²) >= 11 is 0. The minimum absolute atomic E-state index is 0.122. The van der Waals surface area contributed by atoms with Crippen LogP contribution in [0, 0.1) is 5.41 Å². The molecule has 4 aliphatic rings. The standard InChI is InChI=1S/C22H26N4O4/c27-18-5-4-17(19(28)25-18)26-20(29)15-3-2-13(8-16(15)21(26)30)11-24-14-9-22(10-14)6-1-7-23-12-22/h2-3,8,14,17,23-24H,1,4-7,9-12H2,(H,25,27,28). The first-order chi connectivity index (χ1) is 14.5. The van der Waals surface area contributed by atoms with Crippen molar-refractivity contribution < 1.29 is 19.2 Å². The van der Waals surface area contributed by atoms with Crippen LogP contribution in [0.1, 0.15) is 64.8 Å². The summed E-state index contributed by atoms with van der Waals surface area (Å²) in [6, 6.07) is 4.85. The third-order valence-corrected chi connectivity index (χ3v) is 7.02. The summed E-state index contributed by atoms with van der Waals surface area (Å²) in [7, 11) is 0. The number of nitrogens with zero attached hydrogens (tertiary/aromatic N) is 1. The molecule has 0 aromatic heterocycles. The Morgan fingerprint density at radius 3 is 2.63 bits per heavy atom. The van der Waals surface area contributed by atoms with E-state index in [9.17, 15) is 19.2 Å². The highest BCUT2D eigenvalue weighted by Gasteiger charge is 2.45. The molecule has 2 saturated heterocycles. The van der Waals surface area contributed by atoms with E-state index >= 15 is 0 Å². The van der Waals surface area contributed by atoms with E-state index in [2.05, 4.69) is 16.0 Å². The number of fused-ring (bicyclic) bond motifs is 1. The zero-order valence-corrected chi connectivity index (χ0v) is 16.8. The largest absolute Gasteiger partial charge is 0.316 e. The Balaban J connectivity index is 1.24. The van der Waals surface area contributed by atoms with E-state index in [1.165, 1.54) is 25.7 Å². The number of piperidine rings is 2. The molecule has 1 aromatic rings. The lowest BCUT2D eigenvalue weighted by Crippen LogP contribution is -2.55. The molecule has 1 unspecified atom stereocenters. The monoisotopic (exact) mass is 410 g/mol. The molecule has 5 rings (SSSR count). The first kappa shape index (κ1) is 19.4. The molecule has 30 heavy (non-hydrogen) atoms. The normalized spacial score (nSPS) is 31.0. The lowest BCUT2D eigenvalue weighted by atomic mass is 9.62. The van der Waals surface area contributed by atoms with Gasteiger partial charge in [0.05, 0.1) is 11.1 Å². The zero-order valence-electron chi connectivity index (χ0n) is 16.8. The smallest absolute Gasteiger partial charge is 0.262 e. The van der Waals surface area contributed by atoms with Crippen LogP contribution in [0.25, 0.3) is 0 Å². The number of carbonyl (C=O) groups is 4. The minimum atomic E-state index is -0.924. The molecule has 158 valence electrons. The SMILES string of the molecule is O=C1CCC(N2C(=O)c3ccc(CNC4CC5(CCCNC5)C4)cc3C2=O)C(=O)N1.